The Kier molecular flexibility index (Phi) is 8.02. The van der Waals surface area contributed by atoms with Gasteiger partial charge >= 0.3 is 0 Å². The second-order valence-electron chi connectivity index (χ2n) is 7.40. The second kappa shape index (κ2) is 10.7. The molecule has 1 atom stereocenters. The molecule has 0 saturated carbocycles. The fourth-order valence-corrected chi connectivity index (χ4v) is 4.50. The monoisotopic (exact) mass is 390 g/mol. The molecule has 148 valence electrons. The maximum absolute atomic E-state index is 12.4. The van der Waals surface area contributed by atoms with Crippen LogP contribution in [-0.4, -0.2) is 54.8 Å². The number of thioether (sulfide) groups is 1. The average Bonchev–Trinajstić information content (AvgIpc) is 3.24. The summed E-state index contributed by atoms with van der Waals surface area (Å²) in [4.78, 5) is 27.5. The van der Waals surface area contributed by atoms with Crippen LogP contribution in [-0.2, 0) is 14.3 Å². The van der Waals surface area contributed by atoms with Gasteiger partial charge in [-0.15, -0.1) is 11.8 Å². The third-order valence-electron chi connectivity index (χ3n) is 5.40. The van der Waals surface area contributed by atoms with E-state index < -0.39 is 0 Å². The summed E-state index contributed by atoms with van der Waals surface area (Å²) < 4.78 is 5.53. The number of likely N-dealkylation sites (tertiary alicyclic amines) is 1. The zero-order valence-electron chi connectivity index (χ0n) is 15.9. The van der Waals surface area contributed by atoms with E-state index in [9.17, 15) is 9.59 Å². The van der Waals surface area contributed by atoms with Gasteiger partial charge in [0.2, 0.25) is 11.8 Å². The number of nitrogens with zero attached hydrogens (tertiary/aromatic N) is 1. The number of rotatable bonds is 8. The van der Waals surface area contributed by atoms with Crippen molar-refractivity contribution in [3.05, 3.63) is 30.3 Å². The molecule has 2 saturated heterocycles. The molecule has 2 fully saturated rings. The topological polar surface area (TPSA) is 58.6 Å². The van der Waals surface area contributed by atoms with Gasteiger partial charge in [-0.2, -0.15) is 0 Å². The fraction of sp³-hybridized carbons (Fsp3) is 0.619. The van der Waals surface area contributed by atoms with Crippen molar-refractivity contribution in [2.24, 2.45) is 5.92 Å². The molecule has 0 bridgehead atoms. The molecule has 0 aromatic heterocycles. The lowest BCUT2D eigenvalue weighted by atomic mass is 9.92. The number of ether oxygens (including phenoxy) is 1. The minimum Gasteiger partial charge on any atom is -0.376 e. The van der Waals surface area contributed by atoms with E-state index in [0.717, 1.165) is 56.7 Å². The molecular weight excluding hydrogens is 360 g/mol. The van der Waals surface area contributed by atoms with Crippen LogP contribution in [0.15, 0.2) is 35.2 Å². The Labute approximate surface area is 166 Å². The number of nitrogens with one attached hydrogen (secondary N) is 1. The molecule has 5 nitrogen and oxygen atoms in total. The van der Waals surface area contributed by atoms with Crippen molar-refractivity contribution in [1.29, 1.82) is 0 Å². The molecule has 0 spiro atoms. The molecule has 2 aliphatic rings. The van der Waals surface area contributed by atoms with Gasteiger partial charge in [-0.05, 0) is 50.2 Å². The SMILES string of the molecule is O=C(CCC1CCN(C(=O)CSc2ccccc2)CC1)NC[C@@H]1CCCO1. The average molecular weight is 391 g/mol. The molecule has 1 aromatic rings. The predicted octanol–water partition coefficient (Wildman–Crippen LogP) is 3.09. The minimum absolute atomic E-state index is 0.128. The number of hydrogen-bond donors (Lipinski definition) is 1. The van der Waals surface area contributed by atoms with E-state index >= 15 is 0 Å². The lowest BCUT2D eigenvalue weighted by molar-refractivity contribution is -0.130. The lowest BCUT2D eigenvalue weighted by Crippen LogP contribution is -2.39. The van der Waals surface area contributed by atoms with Gasteiger partial charge in [-0.25, -0.2) is 0 Å². The maximum atomic E-state index is 12.4. The number of piperidine rings is 1. The summed E-state index contributed by atoms with van der Waals surface area (Å²) in [5.41, 5.74) is 0. The Bertz CT molecular complexity index is 597. The van der Waals surface area contributed by atoms with E-state index in [2.05, 4.69) is 5.32 Å². The van der Waals surface area contributed by atoms with Crippen LogP contribution in [0.5, 0.6) is 0 Å². The van der Waals surface area contributed by atoms with Gasteiger partial charge in [0.15, 0.2) is 0 Å². The van der Waals surface area contributed by atoms with E-state index in [1.807, 2.05) is 35.2 Å². The molecule has 0 radical (unpaired) electrons. The molecule has 0 aliphatic carbocycles. The summed E-state index contributed by atoms with van der Waals surface area (Å²) in [6, 6.07) is 10.0. The van der Waals surface area contributed by atoms with Crippen molar-refractivity contribution < 1.29 is 14.3 Å². The summed E-state index contributed by atoms with van der Waals surface area (Å²) in [5, 5.41) is 2.99. The first-order valence-electron chi connectivity index (χ1n) is 10.0. The zero-order valence-corrected chi connectivity index (χ0v) is 16.7. The van der Waals surface area contributed by atoms with Crippen molar-refractivity contribution in [1.82, 2.24) is 10.2 Å². The van der Waals surface area contributed by atoms with Crippen molar-refractivity contribution in [2.75, 3.05) is 32.0 Å². The minimum atomic E-state index is 0.128. The number of hydrogen-bond acceptors (Lipinski definition) is 4. The van der Waals surface area contributed by atoms with Gasteiger partial charge in [0, 0.05) is 37.6 Å². The van der Waals surface area contributed by atoms with Crippen LogP contribution in [0.25, 0.3) is 0 Å². The van der Waals surface area contributed by atoms with Gasteiger partial charge in [-0.1, -0.05) is 18.2 Å². The Morgan fingerprint density at radius 2 is 1.93 bits per heavy atom. The number of amides is 2. The quantitative estimate of drug-likeness (QED) is 0.693. The normalized spacial score (nSPS) is 20.6. The van der Waals surface area contributed by atoms with Crippen molar-refractivity contribution in [3.63, 3.8) is 0 Å². The van der Waals surface area contributed by atoms with E-state index in [4.69, 9.17) is 4.74 Å². The first-order valence-corrected chi connectivity index (χ1v) is 11.0. The third-order valence-corrected chi connectivity index (χ3v) is 6.40. The maximum Gasteiger partial charge on any atom is 0.232 e. The predicted molar refractivity (Wildman–Crippen MR) is 108 cm³/mol. The first kappa shape index (κ1) is 20.2. The molecule has 2 amide bonds. The first-order chi connectivity index (χ1) is 13.2. The van der Waals surface area contributed by atoms with Crippen molar-refractivity contribution >= 4 is 23.6 Å². The molecule has 6 heteroatoms. The fourth-order valence-electron chi connectivity index (χ4n) is 3.68. The van der Waals surface area contributed by atoms with E-state index in [-0.39, 0.29) is 17.9 Å². The van der Waals surface area contributed by atoms with Crippen molar-refractivity contribution in [2.45, 2.75) is 49.5 Å². The van der Waals surface area contributed by atoms with Gasteiger partial charge in [-0.3, -0.25) is 9.59 Å². The summed E-state index contributed by atoms with van der Waals surface area (Å²) in [6.45, 7) is 3.10. The van der Waals surface area contributed by atoms with Gasteiger partial charge in [0.25, 0.3) is 0 Å². The Hall–Kier alpha value is -1.53. The van der Waals surface area contributed by atoms with Gasteiger partial charge in [0.1, 0.15) is 0 Å². The molecule has 2 aliphatic heterocycles. The Morgan fingerprint density at radius 1 is 1.15 bits per heavy atom. The largest absolute Gasteiger partial charge is 0.376 e. The standard InChI is InChI=1S/C21H30N2O3S/c24-20(22-15-18-5-4-14-26-18)9-8-17-10-12-23(13-11-17)21(25)16-27-19-6-2-1-3-7-19/h1-3,6-7,17-18H,4-5,8-16H2,(H,22,24)/t18-/m0/s1. The van der Waals surface area contributed by atoms with Gasteiger partial charge < -0.3 is 15.0 Å². The summed E-state index contributed by atoms with van der Waals surface area (Å²) in [5.74, 6) is 1.39. The van der Waals surface area contributed by atoms with Crippen molar-refractivity contribution in [3.8, 4) is 0 Å². The highest BCUT2D eigenvalue weighted by molar-refractivity contribution is 8.00. The number of carbonyl (C=O) groups excluding carboxylic acids is 2. The second-order valence-corrected chi connectivity index (χ2v) is 8.45. The number of benzene rings is 1. The molecule has 1 aromatic carbocycles. The van der Waals surface area contributed by atoms with Crippen LogP contribution in [0.4, 0.5) is 0 Å². The highest BCUT2D eigenvalue weighted by Gasteiger charge is 2.23. The van der Waals surface area contributed by atoms with E-state index in [1.165, 1.54) is 0 Å². The highest BCUT2D eigenvalue weighted by atomic mass is 32.2. The van der Waals surface area contributed by atoms with Crippen LogP contribution in [0.3, 0.4) is 0 Å². The zero-order chi connectivity index (χ0) is 18.9. The number of carbonyl (C=O) groups is 2. The third kappa shape index (κ3) is 6.85. The van der Waals surface area contributed by atoms with Crippen LogP contribution in [0.2, 0.25) is 0 Å². The van der Waals surface area contributed by atoms with E-state index in [1.54, 1.807) is 11.8 Å². The van der Waals surface area contributed by atoms with Gasteiger partial charge in [0.05, 0.1) is 11.9 Å². The summed E-state index contributed by atoms with van der Waals surface area (Å²) >= 11 is 1.60. The molecule has 0 unspecified atom stereocenters. The Morgan fingerprint density at radius 3 is 2.63 bits per heavy atom. The summed E-state index contributed by atoms with van der Waals surface area (Å²) in [7, 11) is 0. The molecular formula is C21H30N2O3S. The molecule has 27 heavy (non-hydrogen) atoms. The van der Waals surface area contributed by atoms with Crippen LogP contribution in [0.1, 0.15) is 38.5 Å². The summed E-state index contributed by atoms with van der Waals surface area (Å²) in [6.07, 6.45) is 5.85. The molecule has 1 N–H and O–H groups in total. The molecule has 2 heterocycles. The smallest absolute Gasteiger partial charge is 0.232 e. The van der Waals surface area contributed by atoms with Crippen LogP contribution >= 0.6 is 11.8 Å². The highest BCUT2D eigenvalue weighted by Crippen LogP contribution is 2.24. The van der Waals surface area contributed by atoms with Crippen LogP contribution in [0, 0.1) is 5.92 Å². The lowest BCUT2D eigenvalue weighted by Gasteiger charge is -2.32. The van der Waals surface area contributed by atoms with Crippen LogP contribution < -0.4 is 5.32 Å². The molecule has 3 rings (SSSR count). The Balaban J connectivity index is 1.28. The van der Waals surface area contributed by atoms with E-state index in [0.29, 0.717) is 24.6 Å².